The molecule has 1 amide bonds. The Morgan fingerprint density at radius 1 is 1.22 bits per heavy atom. The summed E-state index contributed by atoms with van der Waals surface area (Å²) in [5, 5.41) is 0. The highest BCUT2D eigenvalue weighted by Crippen LogP contribution is 2.26. The number of rotatable bonds is 6. The number of sulfonamides is 1. The van der Waals surface area contributed by atoms with Crippen molar-refractivity contribution in [2.45, 2.75) is 54.4 Å². The highest BCUT2D eigenvalue weighted by Gasteiger charge is 2.24. The zero-order chi connectivity index (χ0) is 19.3. The van der Waals surface area contributed by atoms with Crippen LogP contribution in [0.25, 0.3) is 0 Å². The van der Waals surface area contributed by atoms with Crippen LogP contribution in [-0.2, 0) is 14.8 Å². The summed E-state index contributed by atoms with van der Waals surface area (Å²) in [5.74, 6) is -0.0718. The summed E-state index contributed by atoms with van der Waals surface area (Å²) in [6.07, 6.45) is 7.95. The van der Waals surface area contributed by atoms with Crippen LogP contribution in [0.4, 0.5) is 0 Å². The molecule has 2 aliphatic heterocycles. The van der Waals surface area contributed by atoms with Gasteiger partial charge in [0.05, 0.1) is 16.6 Å². The maximum absolute atomic E-state index is 13.1. The van der Waals surface area contributed by atoms with Crippen molar-refractivity contribution >= 4 is 27.7 Å². The fourth-order valence-corrected chi connectivity index (χ4v) is 5.22. The first-order valence-electron chi connectivity index (χ1n) is 9.60. The van der Waals surface area contributed by atoms with E-state index in [9.17, 15) is 13.2 Å². The van der Waals surface area contributed by atoms with Gasteiger partial charge < -0.3 is 9.64 Å². The number of carbonyl (C=O) groups is 1. The van der Waals surface area contributed by atoms with E-state index in [1.807, 2.05) is 11.2 Å². The molecule has 2 aliphatic rings. The summed E-state index contributed by atoms with van der Waals surface area (Å²) in [5.41, 5.74) is 0.476. The number of thioether (sulfide) groups is 1. The number of ether oxygens (including phenoxy) is 1. The fourth-order valence-electron chi connectivity index (χ4n) is 3.56. The lowest BCUT2D eigenvalue weighted by Crippen LogP contribution is -2.33. The topological polar surface area (TPSA) is 75.7 Å². The van der Waals surface area contributed by atoms with Gasteiger partial charge in [-0.15, -0.1) is 11.8 Å². The Kier molecular flexibility index (Phi) is 7.19. The predicted octanol–water partition coefficient (Wildman–Crippen LogP) is 2.88. The number of hydrogen-bond donors (Lipinski definition) is 1. The molecule has 2 saturated heterocycles. The van der Waals surface area contributed by atoms with Crippen LogP contribution in [0.1, 0.15) is 48.9 Å². The first-order chi connectivity index (χ1) is 13.0. The molecule has 1 aromatic carbocycles. The van der Waals surface area contributed by atoms with Gasteiger partial charge in [0.1, 0.15) is 0 Å². The van der Waals surface area contributed by atoms with Crippen molar-refractivity contribution in [1.29, 1.82) is 0 Å². The highest BCUT2D eigenvalue weighted by atomic mass is 32.2. The van der Waals surface area contributed by atoms with Gasteiger partial charge in [-0.2, -0.15) is 0 Å². The highest BCUT2D eigenvalue weighted by molar-refractivity contribution is 7.98. The Hall–Kier alpha value is -1.09. The molecule has 1 atom stereocenters. The van der Waals surface area contributed by atoms with Crippen LogP contribution >= 0.6 is 11.8 Å². The van der Waals surface area contributed by atoms with Crippen molar-refractivity contribution < 1.29 is 17.9 Å². The molecular weight excluding hydrogens is 384 g/mol. The second-order valence-corrected chi connectivity index (χ2v) is 9.67. The van der Waals surface area contributed by atoms with E-state index in [1.54, 1.807) is 12.1 Å². The normalized spacial score (nSPS) is 21.2. The lowest BCUT2D eigenvalue weighted by Gasteiger charge is -2.22. The molecule has 0 spiro atoms. The molecule has 0 bridgehead atoms. The first-order valence-corrected chi connectivity index (χ1v) is 12.3. The van der Waals surface area contributed by atoms with Crippen LogP contribution in [0.5, 0.6) is 0 Å². The van der Waals surface area contributed by atoms with Crippen molar-refractivity contribution in [2.75, 3.05) is 32.5 Å². The van der Waals surface area contributed by atoms with Crippen molar-refractivity contribution in [3.63, 3.8) is 0 Å². The van der Waals surface area contributed by atoms with Gasteiger partial charge >= 0.3 is 0 Å². The smallest absolute Gasteiger partial charge is 0.255 e. The monoisotopic (exact) mass is 412 g/mol. The summed E-state index contributed by atoms with van der Waals surface area (Å²) in [6.45, 7) is 2.42. The van der Waals surface area contributed by atoms with Gasteiger partial charge in [-0.3, -0.25) is 4.79 Å². The molecule has 0 saturated carbocycles. The Bertz CT molecular complexity index is 753. The lowest BCUT2D eigenvalue weighted by atomic mass is 10.2. The SMILES string of the molecule is CSc1ccc(S(=O)(=O)NC[C@@H]2CCCO2)cc1C(=O)N1CCCCCC1. The Labute approximate surface area is 166 Å². The Balaban J connectivity index is 1.80. The Morgan fingerprint density at radius 3 is 2.59 bits per heavy atom. The molecule has 0 aliphatic carbocycles. The van der Waals surface area contributed by atoms with Crippen molar-refractivity contribution in [1.82, 2.24) is 9.62 Å². The van der Waals surface area contributed by atoms with Crippen LogP contribution < -0.4 is 4.72 Å². The average Bonchev–Trinajstić information content (AvgIpc) is 3.06. The zero-order valence-corrected chi connectivity index (χ0v) is 17.4. The molecule has 1 N–H and O–H groups in total. The number of nitrogens with one attached hydrogen (secondary N) is 1. The summed E-state index contributed by atoms with van der Waals surface area (Å²) in [6, 6.07) is 4.83. The summed E-state index contributed by atoms with van der Waals surface area (Å²) < 4.78 is 33.5. The molecule has 0 aromatic heterocycles. The van der Waals surface area contributed by atoms with Gasteiger partial charge in [0.2, 0.25) is 10.0 Å². The quantitative estimate of drug-likeness (QED) is 0.727. The maximum Gasteiger partial charge on any atom is 0.255 e. The number of nitrogens with zero attached hydrogens (tertiary/aromatic N) is 1. The van der Waals surface area contributed by atoms with Crippen molar-refractivity contribution in [3.8, 4) is 0 Å². The van der Waals surface area contributed by atoms with E-state index in [4.69, 9.17) is 4.74 Å². The standard InChI is InChI=1S/C19H28N2O4S2/c1-26-18-9-8-16(27(23,24)20-14-15-7-6-12-25-15)13-17(18)19(22)21-10-4-2-3-5-11-21/h8-9,13,15,20H,2-7,10-12,14H2,1H3/t15-/m0/s1. The van der Waals surface area contributed by atoms with E-state index < -0.39 is 10.0 Å². The molecular formula is C19H28N2O4S2. The van der Waals surface area contributed by atoms with Gasteiger partial charge in [-0.1, -0.05) is 12.8 Å². The molecule has 2 heterocycles. The number of amides is 1. The van der Waals surface area contributed by atoms with Gasteiger partial charge in [0.15, 0.2) is 0 Å². The molecule has 6 nitrogen and oxygen atoms in total. The summed E-state index contributed by atoms with van der Waals surface area (Å²) in [4.78, 5) is 15.9. The van der Waals surface area contributed by atoms with Gasteiger partial charge in [0, 0.05) is 31.1 Å². The molecule has 27 heavy (non-hydrogen) atoms. The van der Waals surface area contributed by atoms with E-state index in [2.05, 4.69) is 4.72 Å². The van der Waals surface area contributed by atoms with Gasteiger partial charge in [-0.05, 0) is 50.1 Å². The van der Waals surface area contributed by atoms with E-state index >= 15 is 0 Å². The lowest BCUT2D eigenvalue weighted by molar-refractivity contribution is 0.0758. The molecule has 8 heteroatoms. The number of benzene rings is 1. The van der Waals surface area contributed by atoms with E-state index in [0.29, 0.717) is 12.2 Å². The average molecular weight is 413 g/mol. The number of carbonyl (C=O) groups excluding carboxylic acids is 1. The largest absolute Gasteiger partial charge is 0.377 e. The molecule has 0 radical (unpaired) electrons. The minimum atomic E-state index is -3.68. The molecule has 0 unspecified atom stereocenters. The Morgan fingerprint density at radius 2 is 1.96 bits per heavy atom. The van der Waals surface area contributed by atoms with Crippen LogP contribution in [-0.4, -0.2) is 57.8 Å². The molecule has 150 valence electrons. The summed E-state index contributed by atoms with van der Waals surface area (Å²) >= 11 is 1.46. The predicted molar refractivity (Wildman–Crippen MR) is 107 cm³/mol. The van der Waals surface area contributed by atoms with Crippen molar-refractivity contribution in [3.05, 3.63) is 23.8 Å². The zero-order valence-electron chi connectivity index (χ0n) is 15.8. The minimum Gasteiger partial charge on any atom is -0.377 e. The minimum absolute atomic E-state index is 0.0663. The van der Waals surface area contributed by atoms with E-state index in [0.717, 1.165) is 56.5 Å². The summed E-state index contributed by atoms with van der Waals surface area (Å²) in [7, 11) is -3.68. The van der Waals surface area contributed by atoms with Crippen LogP contribution in [0.3, 0.4) is 0 Å². The van der Waals surface area contributed by atoms with E-state index in [-0.39, 0.29) is 23.5 Å². The van der Waals surface area contributed by atoms with Gasteiger partial charge in [0.25, 0.3) is 5.91 Å². The third kappa shape index (κ3) is 5.25. The van der Waals surface area contributed by atoms with Crippen LogP contribution in [0.2, 0.25) is 0 Å². The second-order valence-electron chi connectivity index (χ2n) is 7.06. The van der Waals surface area contributed by atoms with Crippen LogP contribution in [0.15, 0.2) is 28.0 Å². The molecule has 3 rings (SSSR count). The number of hydrogen-bond acceptors (Lipinski definition) is 5. The molecule has 1 aromatic rings. The third-order valence-corrected chi connectivity index (χ3v) is 7.35. The third-order valence-electron chi connectivity index (χ3n) is 5.13. The van der Waals surface area contributed by atoms with E-state index in [1.165, 1.54) is 17.8 Å². The molecule has 2 fully saturated rings. The first kappa shape index (κ1) is 20.6. The second kappa shape index (κ2) is 9.41. The van der Waals surface area contributed by atoms with Crippen LogP contribution in [0, 0.1) is 0 Å². The van der Waals surface area contributed by atoms with Crippen molar-refractivity contribution in [2.24, 2.45) is 0 Å². The maximum atomic E-state index is 13.1. The van der Waals surface area contributed by atoms with Gasteiger partial charge in [-0.25, -0.2) is 13.1 Å². The number of likely N-dealkylation sites (tertiary alicyclic amines) is 1. The fraction of sp³-hybridized carbons (Fsp3) is 0.632.